The molecule has 1 aromatic heterocycles. The van der Waals surface area contributed by atoms with Crippen LogP contribution in [-0.2, 0) is 6.54 Å². The van der Waals surface area contributed by atoms with Crippen LogP contribution in [0.15, 0.2) is 42.5 Å². The first-order valence-electron chi connectivity index (χ1n) is 10.3. The van der Waals surface area contributed by atoms with Gasteiger partial charge in [-0.05, 0) is 58.3 Å². The lowest BCUT2D eigenvalue weighted by Crippen LogP contribution is -2.31. The lowest BCUT2D eigenvalue weighted by atomic mass is 10.0. The molecule has 1 heterocycles. The van der Waals surface area contributed by atoms with Gasteiger partial charge in [-0.1, -0.05) is 35.3 Å². The molecule has 32 heavy (non-hydrogen) atoms. The molecule has 0 aliphatic heterocycles. The summed E-state index contributed by atoms with van der Waals surface area (Å²) in [7, 11) is 3.78. The Bertz CT molecular complexity index is 1140. The Kier molecular flexibility index (Phi) is 7.66. The number of nitrogens with zero attached hydrogens (tertiary/aromatic N) is 5. The number of ketones is 1. The summed E-state index contributed by atoms with van der Waals surface area (Å²) in [6.45, 7) is 5.31. The maximum atomic E-state index is 13.4. The highest BCUT2D eigenvalue weighted by molar-refractivity contribution is 6.35. The van der Waals surface area contributed by atoms with E-state index < -0.39 is 0 Å². The minimum atomic E-state index is -0.295. The summed E-state index contributed by atoms with van der Waals surface area (Å²) in [4.78, 5) is 34.4. The van der Waals surface area contributed by atoms with Gasteiger partial charge in [-0.25, -0.2) is 9.67 Å². The summed E-state index contributed by atoms with van der Waals surface area (Å²) in [6.07, 6.45) is 0. The summed E-state index contributed by atoms with van der Waals surface area (Å²) in [5, 5.41) is 5.24. The Balaban J connectivity index is 2.18. The third-order valence-electron chi connectivity index (χ3n) is 4.92. The van der Waals surface area contributed by atoms with E-state index in [9.17, 15) is 9.59 Å². The number of benzene rings is 2. The van der Waals surface area contributed by atoms with Crippen molar-refractivity contribution in [1.82, 2.24) is 24.6 Å². The molecule has 0 saturated carbocycles. The van der Waals surface area contributed by atoms with E-state index in [-0.39, 0.29) is 17.5 Å². The van der Waals surface area contributed by atoms with Gasteiger partial charge in [0.2, 0.25) is 5.82 Å². The molecule has 1 amide bonds. The van der Waals surface area contributed by atoms with E-state index >= 15 is 0 Å². The number of carbonyl (C=O) groups is 2. The molecule has 0 N–H and O–H groups in total. The van der Waals surface area contributed by atoms with Crippen molar-refractivity contribution >= 4 is 34.9 Å². The maximum Gasteiger partial charge on any atom is 0.293 e. The van der Waals surface area contributed by atoms with E-state index in [1.807, 2.05) is 32.8 Å². The third kappa shape index (κ3) is 5.01. The lowest BCUT2D eigenvalue weighted by Gasteiger charge is -2.16. The van der Waals surface area contributed by atoms with E-state index in [2.05, 4.69) is 10.1 Å². The van der Waals surface area contributed by atoms with Crippen LogP contribution in [0, 0.1) is 0 Å². The Morgan fingerprint density at radius 3 is 2.31 bits per heavy atom. The fourth-order valence-corrected chi connectivity index (χ4v) is 3.72. The molecule has 0 atom stereocenters. The van der Waals surface area contributed by atoms with E-state index in [1.54, 1.807) is 47.4 Å². The Hall–Kier alpha value is -2.74. The monoisotopic (exact) mass is 473 g/mol. The van der Waals surface area contributed by atoms with E-state index in [0.717, 1.165) is 0 Å². The van der Waals surface area contributed by atoms with Crippen LogP contribution in [0.2, 0.25) is 10.0 Å². The number of hydrogen-bond acceptors (Lipinski definition) is 5. The van der Waals surface area contributed by atoms with Crippen LogP contribution in [0.5, 0.6) is 0 Å². The molecule has 0 bridgehead atoms. The largest absolute Gasteiger partial charge is 0.336 e. The van der Waals surface area contributed by atoms with Crippen LogP contribution in [0.1, 0.15) is 46.2 Å². The van der Waals surface area contributed by atoms with Gasteiger partial charge in [0.15, 0.2) is 5.78 Å². The highest BCUT2D eigenvalue weighted by Gasteiger charge is 2.25. The second kappa shape index (κ2) is 10.3. The summed E-state index contributed by atoms with van der Waals surface area (Å²) < 4.78 is 1.54. The molecule has 2 aromatic carbocycles. The van der Waals surface area contributed by atoms with Crippen molar-refractivity contribution in [3.63, 3.8) is 0 Å². The summed E-state index contributed by atoms with van der Waals surface area (Å²) >= 11 is 12.5. The van der Waals surface area contributed by atoms with Gasteiger partial charge in [0.1, 0.15) is 5.82 Å². The topological polar surface area (TPSA) is 71.3 Å². The van der Waals surface area contributed by atoms with Crippen molar-refractivity contribution in [2.24, 2.45) is 0 Å². The van der Waals surface area contributed by atoms with Crippen LogP contribution in [0.4, 0.5) is 0 Å². The molecule has 168 valence electrons. The van der Waals surface area contributed by atoms with Gasteiger partial charge in [0.05, 0.1) is 17.3 Å². The molecule has 0 unspecified atom stereocenters. The molecule has 3 aromatic rings. The standard InChI is InChI=1S/C23H25Cl2N5O2/c1-5-29(6-2)23(32)22-26-20(14-28(3)4)30(27-22)19-12-11-15(24)13-17(19)21(31)16-9-7-8-10-18(16)25/h7-13H,5-6,14H2,1-4H3. The zero-order valence-electron chi connectivity index (χ0n) is 18.5. The quantitative estimate of drug-likeness (QED) is 0.454. The molecular formula is C23H25Cl2N5O2. The molecule has 0 spiro atoms. The molecule has 0 aliphatic rings. The SMILES string of the molecule is CCN(CC)C(=O)c1nc(CN(C)C)n(-c2ccc(Cl)cc2C(=O)c2ccccc2Cl)n1. The van der Waals surface area contributed by atoms with E-state index in [0.29, 0.717) is 52.3 Å². The lowest BCUT2D eigenvalue weighted by molar-refractivity contribution is 0.0760. The van der Waals surface area contributed by atoms with Crippen molar-refractivity contribution in [3.05, 3.63) is 75.3 Å². The molecule has 0 radical (unpaired) electrons. The van der Waals surface area contributed by atoms with Gasteiger partial charge in [-0.15, -0.1) is 5.10 Å². The van der Waals surface area contributed by atoms with E-state index in [4.69, 9.17) is 23.2 Å². The highest BCUT2D eigenvalue weighted by atomic mass is 35.5. The van der Waals surface area contributed by atoms with Gasteiger partial charge in [0.25, 0.3) is 5.91 Å². The average molecular weight is 474 g/mol. The maximum absolute atomic E-state index is 13.4. The summed E-state index contributed by atoms with van der Waals surface area (Å²) in [5.41, 5.74) is 1.14. The first-order valence-corrected chi connectivity index (χ1v) is 11.0. The molecule has 3 rings (SSSR count). The van der Waals surface area contributed by atoms with E-state index in [1.165, 1.54) is 4.68 Å². The number of carbonyl (C=O) groups excluding carboxylic acids is 2. The number of hydrogen-bond donors (Lipinski definition) is 0. The predicted molar refractivity (Wildman–Crippen MR) is 126 cm³/mol. The van der Waals surface area contributed by atoms with Gasteiger partial charge in [-0.3, -0.25) is 9.59 Å². The minimum Gasteiger partial charge on any atom is -0.336 e. The van der Waals surface area contributed by atoms with Crippen LogP contribution in [0.3, 0.4) is 0 Å². The smallest absolute Gasteiger partial charge is 0.293 e. The second-order valence-corrected chi connectivity index (χ2v) is 8.29. The normalized spacial score (nSPS) is 11.1. The average Bonchev–Trinajstić information content (AvgIpc) is 3.17. The Labute approximate surface area is 197 Å². The zero-order chi connectivity index (χ0) is 23.4. The Morgan fingerprint density at radius 1 is 1.00 bits per heavy atom. The van der Waals surface area contributed by atoms with Crippen molar-refractivity contribution in [3.8, 4) is 5.69 Å². The number of aromatic nitrogens is 3. The molecule has 7 nitrogen and oxygen atoms in total. The molecule has 0 saturated heterocycles. The second-order valence-electron chi connectivity index (χ2n) is 7.45. The Morgan fingerprint density at radius 2 is 1.69 bits per heavy atom. The molecular weight excluding hydrogens is 449 g/mol. The number of rotatable bonds is 8. The first kappa shape index (κ1) is 23.9. The van der Waals surface area contributed by atoms with Crippen LogP contribution >= 0.6 is 23.2 Å². The fraction of sp³-hybridized carbons (Fsp3) is 0.304. The molecule has 0 fully saturated rings. The van der Waals surface area contributed by atoms with Gasteiger partial charge >= 0.3 is 0 Å². The molecule has 9 heteroatoms. The van der Waals surface area contributed by atoms with Crippen molar-refractivity contribution in [1.29, 1.82) is 0 Å². The first-order chi connectivity index (χ1) is 15.3. The highest BCUT2D eigenvalue weighted by Crippen LogP contribution is 2.26. The van der Waals surface area contributed by atoms with Gasteiger partial charge in [0, 0.05) is 29.2 Å². The van der Waals surface area contributed by atoms with Crippen molar-refractivity contribution in [2.75, 3.05) is 27.2 Å². The van der Waals surface area contributed by atoms with Crippen molar-refractivity contribution in [2.45, 2.75) is 20.4 Å². The van der Waals surface area contributed by atoms with Crippen LogP contribution in [-0.4, -0.2) is 63.4 Å². The van der Waals surface area contributed by atoms with Gasteiger partial charge < -0.3 is 9.80 Å². The summed E-state index contributed by atoms with van der Waals surface area (Å²) in [5.74, 6) is 0.0513. The summed E-state index contributed by atoms with van der Waals surface area (Å²) in [6, 6.07) is 11.8. The van der Waals surface area contributed by atoms with Crippen molar-refractivity contribution < 1.29 is 9.59 Å². The zero-order valence-corrected chi connectivity index (χ0v) is 20.0. The minimum absolute atomic E-state index is 0.0802. The van der Waals surface area contributed by atoms with Crippen LogP contribution in [0.25, 0.3) is 5.69 Å². The van der Waals surface area contributed by atoms with Gasteiger partial charge in [-0.2, -0.15) is 0 Å². The fourth-order valence-electron chi connectivity index (χ4n) is 3.33. The number of amides is 1. The molecule has 0 aliphatic carbocycles. The predicted octanol–water partition coefficient (Wildman–Crippen LogP) is 4.35. The third-order valence-corrected chi connectivity index (χ3v) is 5.49. The van der Waals surface area contributed by atoms with Crippen LogP contribution < -0.4 is 0 Å². The number of halogens is 2.